The van der Waals surface area contributed by atoms with Gasteiger partial charge in [0, 0.05) is 11.1 Å². The molecule has 0 saturated carbocycles. The Bertz CT molecular complexity index is 647. The summed E-state index contributed by atoms with van der Waals surface area (Å²) < 4.78 is 2.47. The Morgan fingerprint density at radius 2 is 0.758 bits per heavy atom. The summed E-state index contributed by atoms with van der Waals surface area (Å²) in [6, 6.07) is 21.8. The van der Waals surface area contributed by atoms with Gasteiger partial charge in [-0.3, -0.25) is 0 Å². The highest BCUT2D eigenvalue weighted by molar-refractivity contribution is 5.14. The maximum Gasteiger partial charge on any atom is 0.104 e. The van der Waals surface area contributed by atoms with Gasteiger partial charge in [0.15, 0.2) is 0 Å². The highest BCUT2D eigenvalue weighted by atomic mass is 16.0. The Balaban J connectivity index is 0. The van der Waals surface area contributed by atoms with Crippen molar-refractivity contribution in [2.24, 2.45) is 0 Å². The number of hydrogen-bond acceptors (Lipinski definition) is 2. The lowest BCUT2D eigenvalue weighted by Crippen LogP contribution is -2.48. The van der Waals surface area contributed by atoms with Gasteiger partial charge in [-0.25, -0.2) is 0 Å². The van der Waals surface area contributed by atoms with Crippen molar-refractivity contribution in [3.63, 3.8) is 0 Å². The first kappa shape index (κ1) is 33.5. The molecule has 0 aromatic heterocycles. The minimum Gasteiger partial charge on any atom is -0.870 e. The lowest BCUT2D eigenvalue weighted by atomic mass is 10.1. The third-order valence-electron chi connectivity index (χ3n) is 6.83. The van der Waals surface area contributed by atoms with E-state index in [4.69, 9.17) is 0 Å². The fraction of sp³-hybridized carbons (Fsp3) is 0.586. The van der Waals surface area contributed by atoms with E-state index in [-0.39, 0.29) is 11.0 Å². The van der Waals surface area contributed by atoms with Gasteiger partial charge in [-0.15, -0.1) is 0 Å². The highest BCUT2D eigenvalue weighted by Crippen LogP contribution is 2.18. The molecule has 2 aromatic rings. The molecule has 0 unspecified atom stereocenters. The van der Waals surface area contributed by atoms with Gasteiger partial charge in [0.25, 0.3) is 0 Å². The molecule has 0 fully saturated rings. The van der Waals surface area contributed by atoms with Crippen molar-refractivity contribution in [1.29, 1.82) is 0 Å². The smallest absolute Gasteiger partial charge is 0.104 e. The molecule has 0 amide bonds. The minimum atomic E-state index is 0. The molecule has 0 aliphatic heterocycles. The number of rotatable bonds is 13. The summed E-state index contributed by atoms with van der Waals surface area (Å²) in [4.78, 5) is 0. The maximum absolute atomic E-state index is 2.31. The van der Waals surface area contributed by atoms with Gasteiger partial charge in [-0.05, 0) is 40.0 Å². The van der Waals surface area contributed by atoms with Crippen LogP contribution < -0.4 is 0 Å². The summed E-state index contributed by atoms with van der Waals surface area (Å²) in [5.41, 5.74) is 2.95. The van der Waals surface area contributed by atoms with Crippen LogP contribution >= 0.6 is 0 Å². The van der Waals surface area contributed by atoms with Gasteiger partial charge in [0.05, 0.1) is 39.3 Å². The predicted octanol–water partition coefficient (Wildman–Crippen LogP) is 6.94. The first-order valence-corrected chi connectivity index (χ1v) is 12.8. The largest absolute Gasteiger partial charge is 0.870 e. The number of benzene rings is 2. The molecule has 2 N–H and O–H groups in total. The first-order valence-electron chi connectivity index (χ1n) is 12.8. The summed E-state index contributed by atoms with van der Waals surface area (Å²) in [6.07, 6.45) is 3.85. The molecule has 33 heavy (non-hydrogen) atoms. The van der Waals surface area contributed by atoms with Crippen LogP contribution in [-0.2, 0) is 13.1 Å². The van der Waals surface area contributed by atoms with Crippen molar-refractivity contribution in [1.82, 2.24) is 0 Å². The molecular formula is C29H52N2O2. The molecule has 2 aromatic carbocycles. The quantitative estimate of drug-likeness (QED) is 0.304. The summed E-state index contributed by atoms with van der Waals surface area (Å²) in [6.45, 7) is 23.8. The second-order valence-electron chi connectivity index (χ2n) is 9.09. The number of quaternary nitrogens is 2. The normalized spacial score (nSPS) is 11.0. The molecule has 0 aliphatic rings. The van der Waals surface area contributed by atoms with Gasteiger partial charge in [0.2, 0.25) is 0 Å². The van der Waals surface area contributed by atoms with Crippen LogP contribution in [0.3, 0.4) is 0 Å². The summed E-state index contributed by atoms with van der Waals surface area (Å²) in [5, 5.41) is 0. The molecule has 0 saturated heterocycles. The van der Waals surface area contributed by atoms with E-state index in [0.29, 0.717) is 0 Å². The Labute approximate surface area is 205 Å². The topological polar surface area (TPSA) is 60.0 Å². The van der Waals surface area contributed by atoms with Crippen LogP contribution in [0.25, 0.3) is 0 Å². The van der Waals surface area contributed by atoms with Crippen molar-refractivity contribution < 1.29 is 19.9 Å². The average molecular weight is 461 g/mol. The Morgan fingerprint density at radius 3 is 1.03 bits per heavy atom. The molecule has 0 spiro atoms. The fourth-order valence-electron chi connectivity index (χ4n) is 4.94. The molecule has 0 aliphatic carbocycles. The van der Waals surface area contributed by atoms with Gasteiger partial charge < -0.3 is 19.9 Å². The van der Waals surface area contributed by atoms with Crippen LogP contribution in [0.1, 0.15) is 71.9 Å². The molecular weight excluding hydrogens is 408 g/mol. The minimum absolute atomic E-state index is 0. The van der Waals surface area contributed by atoms with Crippen LogP contribution in [0.4, 0.5) is 0 Å². The van der Waals surface area contributed by atoms with E-state index in [9.17, 15) is 0 Å². The molecule has 4 heteroatoms. The third kappa shape index (κ3) is 11.8. The molecule has 2 rings (SSSR count). The summed E-state index contributed by atoms with van der Waals surface area (Å²) in [5.74, 6) is 0. The van der Waals surface area contributed by atoms with Crippen molar-refractivity contribution in [3.8, 4) is 0 Å². The van der Waals surface area contributed by atoms with Crippen LogP contribution in [0.15, 0.2) is 60.7 Å². The van der Waals surface area contributed by atoms with Gasteiger partial charge in [-0.1, -0.05) is 81.4 Å². The average Bonchev–Trinajstić information content (AvgIpc) is 2.80. The summed E-state index contributed by atoms with van der Waals surface area (Å²) >= 11 is 0. The number of nitrogens with zero attached hydrogens (tertiary/aromatic N) is 2. The second kappa shape index (κ2) is 18.7. The molecule has 0 heterocycles. The van der Waals surface area contributed by atoms with Crippen LogP contribution in [0.2, 0.25) is 0 Å². The molecule has 190 valence electrons. The van der Waals surface area contributed by atoms with Gasteiger partial charge >= 0.3 is 0 Å². The monoisotopic (exact) mass is 460 g/mol. The lowest BCUT2D eigenvalue weighted by Gasteiger charge is -2.38. The van der Waals surface area contributed by atoms with E-state index in [1.165, 1.54) is 91.7 Å². The van der Waals surface area contributed by atoms with Gasteiger partial charge in [0.1, 0.15) is 13.1 Å². The Kier molecular flexibility index (Phi) is 18.9. The van der Waals surface area contributed by atoms with E-state index in [2.05, 4.69) is 102 Å². The van der Waals surface area contributed by atoms with Crippen molar-refractivity contribution in [2.75, 3.05) is 39.3 Å². The lowest BCUT2D eigenvalue weighted by molar-refractivity contribution is -0.941. The van der Waals surface area contributed by atoms with E-state index in [1.807, 2.05) is 0 Å². The predicted molar refractivity (Wildman–Crippen MR) is 142 cm³/mol. The summed E-state index contributed by atoms with van der Waals surface area (Å²) in [7, 11) is 0. The van der Waals surface area contributed by atoms with Crippen LogP contribution in [-0.4, -0.2) is 59.2 Å². The van der Waals surface area contributed by atoms with E-state index in [0.717, 1.165) is 0 Å². The third-order valence-corrected chi connectivity index (χ3v) is 6.83. The molecule has 0 bridgehead atoms. The SMILES string of the molecule is CCC[N+](CCC)(CCC)Cc1ccccc1.CC[N+](CC)(CC)Cc1ccccc1.[OH-].[OH-]. The zero-order valence-electron chi connectivity index (χ0n) is 22.3. The Hall–Kier alpha value is -1.72. The zero-order valence-corrected chi connectivity index (χ0v) is 22.3. The molecule has 0 atom stereocenters. The van der Waals surface area contributed by atoms with Crippen molar-refractivity contribution in [2.45, 2.75) is 73.9 Å². The maximum atomic E-state index is 2.31. The van der Waals surface area contributed by atoms with Gasteiger partial charge in [-0.2, -0.15) is 0 Å². The van der Waals surface area contributed by atoms with Crippen LogP contribution in [0.5, 0.6) is 0 Å². The second-order valence-corrected chi connectivity index (χ2v) is 9.09. The fourth-order valence-corrected chi connectivity index (χ4v) is 4.94. The first-order chi connectivity index (χ1) is 15.0. The van der Waals surface area contributed by atoms with E-state index < -0.39 is 0 Å². The molecule has 0 radical (unpaired) electrons. The van der Waals surface area contributed by atoms with E-state index >= 15 is 0 Å². The van der Waals surface area contributed by atoms with E-state index in [1.54, 1.807) is 0 Å². The highest BCUT2D eigenvalue weighted by Gasteiger charge is 2.24. The molecule has 4 nitrogen and oxygen atoms in total. The van der Waals surface area contributed by atoms with Crippen molar-refractivity contribution in [3.05, 3.63) is 71.8 Å². The number of hydrogen-bond donors (Lipinski definition) is 0. The standard InChI is InChI=1S/C16H28N.C13H22N.2H2O/c1-4-12-17(13-5-2,14-6-3)15-16-10-8-7-9-11-16;1-4-14(5-2,6-3)12-13-10-8-7-9-11-13;;/h7-11H,4-6,12-15H2,1-3H3;7-11H,4-6,12H2,1-3H3;2*1H2/q2*+1;;/p-2. The Morgan fingerprint density at radius 1 is 0.455 bits per heavy atom. The zero-order chi connectivity index (χ0) is 23.0. The van der Waals surface area contributed by atoms with Crippen molar-refractivity contribution >= 4 is 0 Å². The van der Waals surface area contributed by atoms with Crippen LogP contribution in [0, 0.1) is 0 Å².